The number of thiophene rings is 1. The van der Waals surface area contributed by atoms with Crippen molar-refractivity contribution in [2.24, 2.45) is 0 Å². The van der Waals surface area contributed by atoms with Gasteiger partial charge in [0.25, 0.3) is 0 Å². The lowest BCUT2D eigenvalue weighted by molar-refractivity contribution is 0.0702. The Morgan fingerprint density at radius 2 is 1.95 bits per heavy atom. The summed E-state index contributed by atoms with van der Waals surface area (Å²) < 4.78 is 5.11. The van der Waals surface area contributed by atoms with Crippen LogP contribution in [0.1, 0.15) is 15.2 Å². The van der Waals surface area contributed by atoms with Gasteiger partial charge in [0.2, 0.25) is 0 Å². The molecule has 5 heteroatoms. The molecular weight excluding hydrogens is 262 g/mol. The predicted octanol–water partition coefficient (Wildman–Crippen LogP) is 3.09. The minimum absolute atomic E-state index is 0.358. The van der Waals surface area contributed by atoms with Crippen LogP contribution in [0.25, 0.3) is 0 Å². The van der Waals surface area contributed by atoms with Crippen molar-refractivity contribution in [3.05, 3.63) is 46.8 Å². The average Bonchev–Trinajstić information content (AvgIpc) is 2.89. The molecule has 0 saturated carbocycles. The standard InChI is InChI=1S/C14H15NO3S/c1-15(13-8-7-12(19-13)14(16)17)9-10-3-5-11(18-2)6-4-10/h3-8H,9H2,1-2H3,(H,16,17). The van der Waals surface area contributed by atoms with Crippen LogP contribution in [-0.4, -0.2) is 25.2 Å². The molecule has 19 heavy (non-hydrogen) atoms. The second-order valence-corrected chi connectivity index (χ2v) is 5.21. The second kappa shape index (κ2) is 5.75. The highest BCUT2D eigenvalue weighted by Crippen LogP contribution is 2.26. The zero-order valence-corrected chi connectivity index (χ0v) is 11.6. The number of carboxylic acid groups (broad SMARTS) is 1. The molecule has 0 aliphatic rings. The number of benzene rings is 1. The monoisotopic (exact) mass is 277 g/mol. The van der Waals surface area contributed by atoms with Gasteiger partial charge < -0.3 is 14.7 Å². The Balaban J connectivity index is 2.06. The van der Waals surface area contributed by atoms with Gasteiger partial charge in [0.1, 0.15) is 10.6 Å². The van der Waals surface area contributed by atoms with E-state index in [9.17, 15) is 4.79 Å². The van der Waals surface area contributed by atoms with E-state index in [1.807, 2.05) is 42.3 Å². The lowest BCUT2D eigenvalue weighted by atomic mass is 10.2. The highest BCUT2D eigenvalue weighted by atomic mass is 32.1. The molecule has 2 aromatic rings. The molecule has 4 nitrogen and oxygen atoms in total. The number of nitrogens with zero attached hydrogens (tertiary/aromatic N) is 1. The fourth-order valence-electron chi connectivity index (χ4n) is 1.73. The van der Waals surface area contributed by atoms with Gasteiger partial charge in [-0.1, -0.05) is 12.1 Å². The third-order valence-electron chi connectivity index (χ3n) is 2.76. The van der Waals surface area contributed by atoms with Gasteiger partial charge in [-0.3, -0.25) is 0 Å². The van der Waals surface area contributed by atoms with Crippen LogP contribution in [0.15, 0.2) is 36.4 Å². The number of carboxylic acids is 1. The lowest BCUT2D eigenvalue weighted by Gasteiger charge is -2.17. The molecule has 0 spiro atoms. The van der Waals surface area contributed by atoms with Gasteiger partial charge in [-0.05, 0) is 29.8 Å². The number of hydrogen-bond acceptors (Lipinski definition) is 4. The van der Waals surface area contributed by atoms with E-state index in [2.05, 4.69) is 0 Å². The molecule has 1 heterocycles. The van der Waals surface area contributed by atoms with Gasteiger partial charge in [0.05, 0.1) is 12.1 Å². The summed E-state index contributed by atoms with van der Waals surface area (Å²) in [6.07, 6.45) is 0. The molecule has 1 N–H and O–H groups in total. The Kier molecular flexibility index (Phi) is 4.06. The summed E-state index contributed by atoms with van der Waals surface area (Å²) in [7, 11) is 3.59. The zero-order chi connectivity index (χ0) is 13.8. The van der Waals surface area contributed by atoms with E-state index in [-0.39, 0.29) is 0 Å². The summed E-state index contributed by atoms with van der Waals surface area (Å²) >= 11 is 1.28. The fraction of sp³-hybridized carbons (Fsp3) is 0.214. The van der Waals surface area contributed by atoms with E-state index in [1.54, 1.807) is 13.2 Å². The Bertz CT molecular complexity index is 562. The van der Waals surface area contributed by atoms with E-state index < -0.39 is 5.97 Å². The van der Waals surface area contributed by atoms with Crippen LogP contribution < -0.4 is 9.64 Å². The molecule has 1 aromatic carbocycles. The number of aromatic carboxylic acids is 1. The van der Waals surface area contributed by atoms with Crippen LogP contribution >= 0.6 is 11.3 Å². The summed E-state index contributed by atoms with van der Waals surface area (Å²) in [6.45, 7) is 0.726. The molecule has 0 aliphatic heterocycles. The van der Waals surface area contributed by atoms with Gasteiger partial charge in [-0.2, -0.15) is 0 Å². The Morgan fingerprint density at radius 1 is 1.26 bits per heavy atom. The highest BCUT2D eigenvalue weighted by Gasteiger charge is 2.10. The Morgan fingerprint density at radius 3 is 2.47 bits per heavy atom. The maximum atomic E-state index is 10.8. The number of ether oxygens (including phenoxy) is 1. The predicted molar refractivity (Wildman–Crippen MR) is 76.4 cm³/mol. The fourth-order valence-corrected chi connectivity index (χ4v) is 2.54. The van der Waals surface area contributed by atoms with Crippen molar-refractivity contribution in [1.82, 2.24) is 0 Å². The number of methoxy groups -OCH3 is 1. The molecular formula is C14H15NO3S. The molecule has 0 unspecified atom stereocenters. The quantitative estimate of drug-likeness (QED) is 0.912. The summed E-state index contributed by atoms with van der Waals surface area (Å²) in [5.41, 5.74) is 1.15. The molecule has 1 aromatic heterocycles. The van der Waals surface area contributed by atoms with Gasteiger partial charge >= 0.3 is 5.97 Å². The third-order valence-corrected chi connectivity index (χ3v) is 3.95. The number of rotatable bonds is 5. The van der Waals surface area contributed by atoms with E-state index in [0.717, 1.165) is 22.9 Å². The van der Waals surface area contributed by atoms with Crippen LogP contribution in [-0.2, 0) is 6.54 Å². The van der Waals surface area contributed by atoms with Gasteiger partial charge in [0, 0.05) is 13.6 Å². The van der Waals surface area contributed by atoms with Gasteiger partial charge in [-0.15, -0.1) is 11.3 Å². The molecule has 100 valence electrons. The first kappa shape index (κ1) is 13.4. The van der Waals surface area contributed by atoms with Gasteiger partial charge in [-0.25, -0.2) is 4.79 Å². The SMILES string of the molecule is COc1ccc(CN(C)c2ccc(C(=O)O)s2)cc1. The van der Waals surface area contributed by atoms with Crippen LogP contribution in [0.4, 0.5) is 5.00 Å². The number of hydrogen-bond donors (Lipinski definition) is 1. The van der Waals surface area contributed by atoms with Crippen molar-refractivity contribution in [3.8, 4) is 5.75 Å². The highest BCUT2D eigenvalue weighted by molar-refractivity contribution is 7.17. The summed E-state index contributed by atoms with van der Waals surface area (Å²) in [5, 5.41) is 9.84. The van der Waals surface area contributed by atoms with Crippen LogP contribution in [0, 0.1) is 0 Å². The third kappa shape index (κ3) is 3.26. The van der Waals surface area contributed by atoms with Gasteiger partial charge in [0.15, 0.2) is 0 Å². The van der Waals surface area contributed by atoms with Crippen LogP contribution in [0.5, 0.6) is 5.75 Å². The van der Waals surface area contributed by atoms with Crippen molar-refractivity contribution in [2.45, 2.75) is 6.54 Å². The first-order valence-electron chi connectivity index (χ1n) is 5.77. The first-order valence-corrected chi connectivity index (χ1v) is 6.59. The maximum Gasteiger partial charge on any atom is 0.345 e. The van der Waals surface area contributed by atoms with Crippen molar-refractivity contribution >= 4 is 22.3 Å². The smallest absolute Gasteiger partial charge is 0.345 e. The van der Waals surface area contributed by atoms with E-state index in [0.29, 0.717) is 4.88 Å². The summed E-state index contributed by atoms with van der Waals surface area (Å²) in [4.78, 5) is 13.2. The summed E-state index contributed by atoms with van der Waals surface area (Å²) in [5.74, 6) is -0.0511. The molecule has 0 aliphatic carbocycles. The van der Waals surface area contributed by atoms with Crippen molar-refractivity contribution in [1.29, 1.82) is 0 Å². The molecule has 0 amide bonds. The van der Waals surface area contributed by atoms with Crippen molar-refractivity contribution < 1.29 is 14.6 Å². The van der Waals surface area contributed by atoms with Crippen molar-refractivity contribution in [3.63, 3.8) is 0 Å². The topological polar surface area (TPSA) is 49.8 Å². The average molecular weight is 277 g/mol. The number of anilines is 1. The van der Waals surface area contributed by atoms with E-state index in [1.165, 1.54) is 11.3 Å². The molecule has 0 saturated heterocycles. The van der Waals surface area contributed by atoms with Crippen LogP contribution in [0.2, 0.25) is 0 Å². The molecule has 0 fully saturated rings. The van der Waals surface area contributed by atoms with E-state index >= 15 is 0 Å². The van der Waals surface area contributed by atoms with E-state index in [4.69, 9.17) is 9.84 Å². The molecule has 2 rings (SSSR count). The molecule has 0 radical (unpaired) electrons. The molecule has 0 bridgehead atoms. The molecule has 0 atom stereocenters. The second-order valence-electron chi connectivity index (χ2n) is 4.15. The normalized spacial score (nSPS) is 10.2. The minimum Gasteiger partial charge on any atom is -0.497 e. The Labute approximate surface area is 115 Å². The van der Waals surface area contributed by atoms with Crippen LogP contribution in [0.3, 0.4) is 0 Å². The lowest BCUT2D eigenvalue weighted by Crippen LogP contribution is -2.14. The Hall–Kier alpha value is -2.01. The maximum absolute atomic E-state index is 10.8. The minimum atomic E-state index is -0.880. The largest absolute Gasteiger partial charge is 0.497 e. The number of carbonyl (C=O) groups is 1. The zero-order valence-electron chi connectivity index (χ0n) is 10.8. The van der Waals surface area contributed by atoms with Crippen molar-refractivity contribution in [2.75, 3.05) is 19.1 Å². The first-order chi connectivity index (χ1) is 9.10. The summed E-state index contributed by atoms with van der Waals surface area (Å²) in [6, 6.07) is 11.3.